The molecule has 0 spiro atoms. The van der Waals surface area contributed by atoms with E-state index in [1.54, 1.807) is 0 Å². The highest BCUT2D eigenvalue weighted by Crippen LogP contribution is 2.38. The van der Waals surface area contributed by atoms with Crippen LogP contribution in [0.3, 0.4) is 0 Å². The van der Waals surface area contributed by atoms with Gasteiger partial charge in [0.25, 0.3) is 0 Å². The number of hydrogen-bond donors (Lipinski definition) is 5. The molecule has 5 aliphatic heterocycles. The number of pyridine rings is 3. The monoisotopic (exact) mass is 909 g/mol. The molecule has 0 amide bonds. The van der Waals surface area contributed by atoms with Crippen molar-refractivity contribution in [3.05, 3.63) is 203 Å². The number of rotatable bonds is 15. The van der Waals surface area contributed by atoms with E-state index in [0.29, 0.717) is 60.4 Å². The van der Waals surface area contributed by atoms with Gasteiger partial charge in [-0.1, -0.05) is 0 Å². The maximum atomic E-state index is 11.4. The Kier molecular flexibility index (Phi) is 12.6. The largest absolute Gasteiger partial charge is 0.481 e. The molecule has 0 aliphatic carbocycles. The van der Waals surface area contributed by atoms with Gasteiger partial charge in [0.2, 0.25) is 0 Å². The molecule has 68 heavy (non-hydrogen) atoms. The fraction of sp³-hybridized carbons (Fsp3) is 0.154. The Balaban J connectivity index is 1.26. The summed E-state index contributed by atoms with van der Waals surface area (Å²) in [6, 6.07) is 15.6. The second-order valence-corrected chi connectivity index (χ2v) is 16.3. The zero-order valence-electron chi connectivity index (χ0n) is 36.6. The van der Waals surface area contributed by atoms with Crippen molar-refractivity contribution in [2.75, 3.05) is 6.54 Å². The molecule has 0 fully saturated rings. The van der Waals surface area contributed by atoms with Crippen molar-refractivity contribution in [3.8, 4) is 0 Å². The van der Waals surface area contributed by atoms with Crippen molar-refractivity contribution in [1.82, 2.24) is 9.88 Å². The normalized spacial score (nSPS) is 16.0. The molecule has 5 N–H and O–H groups in total. The third kappa shape index (κ3) is 9.84. The third-order valence-electron chi connectivity index (χ3n) is 11.7. The molecule has 9 heterocycles. The number of nitrogens with one attached hydrogen (secondary N) is 1. The van der Waals surface area contributed by atoms with Gasteiger partial charge in [0.15, 0.2) is 56.8 Å². The van der Waals surface area contributed by atoms with Gasteiger partial charge in [0.05, 0.1) is 40.6 Å². The van der Waals surface area contributed by atoms with Crippen LogP contribution >= 0.6 is 0 Å². The predicted molar refractivity (Wildman–Crippen MR) is 250 cm³/mol. The van der Waals surface area contributed by atoms with Crippen LogP contribution in [-0.4, -0.2) is 77.9 Å². The van der Waals surface area contributed by atoms with Gasteiger partial charge in [-0.3, -0.25) is 19.2 Å². The van der Waals surface area contributed by atoms with Gasteiger partial charge >= 0.3 is 23.9 Å². The minimum absolute atomic E-state index is 0.0300. The molecule has 5 aliphatic rings. The second-order valence-electron chi connectivity index (χ2n) is 16.3. The van der Waals surface area contributed by atoms with Crippen LogP contribution in [0.5, 0.6) is 0 Å². The Morgan fingerprint density at radius 2 is 0.794 bits per heavy atom. The lowest BCUT2D eigenvalue weighted by Gasteiger charge is -2.19. The number of aliphatic carboxylic acids is 4. The molecular weight excluding hydrogens is 865 g/mol. The number of H-pyrrole nitrogens is 1. The number of fused-ring (bicyclic) bond motifs is 5. The molecule has 0 saturated carbocycles. The first kappa shape index (κ1) is 44.3. The topological polar surface area (TPSA) is 217 Å². The average molecular weight is 910 g/mol. The van der Waals surface area contributed by atoms with Crippen molar-refractivity contribution >= 4 is 57.7 Å². The van der Waals surface area contributed by atoms with E-state index >= 15 is 0 Å². The van der Waals surface area contributed by atoms with Crippen molar-refractivity contribution in [3.63, 3.8) is 0 Å². The number of aromatic nitrogens is 4. The van der Waals surface area contributed by atoms with Crippen LogP contribution in [-0.2, 0) is 38.8 Å². The highest BCUT2D eigenvalue weighted by atomic mass is 16.4. The van der Waals surface area contributed by atoms with Crippen molar-refractivity contribution in [2.24, 2.45) is 15.0 Å². The van der Waals surface area contributed by atoms with Gasteiger partial charge in [-0.2, -0.15) is 0 Å². The molecule has 0 saturated heterocycles. The minimum atomic E-state index is -0.894. The number of carboxylic acid groups (broad SMARTS) is 4. The van der Waals surface area contributed by atoms with Crippen LogP contribution in [0.15, 0.2) is 190 Å². The first-order valence-corrected chi connectivity index (χ1v) is 21.9. The highest BCUT2D eigenvalue weighted by Gasteiger charge is 2.28. The Morgan fingerprint density at radius 1 is 0.441 bits per heavy atom. The van der Waals surface area contributed by atoms with Gasteiger partial charge in [-0.05, 0) is 83.0 Å². The SMILES string of the molecule is O=C(O)CCN1C=CC(=C2C3=NC(=C(c4cc[n+](CCC(=O)O)cc4)C4=NC(=C(c5cc[n+](CCC(=O)O)cc5)c5ccc([nH]5)C(c5cc[n+](CCC(=O)O)cc5)=C5C=CC2=N5)C=C4)C=C3)C=C1. The molecule has 9 rings (SSSR count). The summed E-state index contributed by atoms with van der Waals surface area (Å²) in [6.07, 6.45) is 30.2. The number of carboxylic acids is 4. The summed E-state index contributed by atoms with van der Waals surface area (Å²) in [6.45, 7) is 1.19. The third-order valence-corrected chi connectivity index (χ3v) is 11.7. The number of aryl methyl sites for hydroxylation is 3. The van der Waals surface area contributed by atoms with E-state index in [1.165, 1.54) is 0 Å². The summed E-state index contributed by atoms with van der Waals surface area (Å²) in [4.78, 5) is 67.0. The molecule has 16 heteroatoms. The molecule has 0 atom stereocenters. The molecule has 0 unspecified atom stereocenters. The number of carbonyl (C=O) groups is 4. The van der Waals surface area contributed by atoms with Gasteiger partial charge < -0.3 is 30.3 Å². The standard InChI is InChI=1S/C52H42N8O8/c61-45(62)17-29-57-21-9-33(10-22-57)49-37-1-2-38(53-37)50(34-11-23-58(24-12-34)30-18-46(63)64)40-5-6-42(55-40)52(36-15-27-60(28-16-36)32-20-48(67)68)44-8-7-43(56-44)51(41-4-3-39(49)54-41)35-13-25-59(26-14-35)31-19-47(65)66/h1-16,21-28H,17-20,29-32H2,(H2-3,53,54,55,56,61,62,63,64,65,66,67,68)/p+3. The van der Waals surface area contributed by atoms with Gasteiger partial charge in [-0.25, -0.2) is 28.7 Å². The molecule has 8 bridgehead atoms. The van der Waals surface area contributed by atoms with E-state index in [-0.39, 0.29) is 25.7 Å². The number of nitrogens with zero attached hydrogens (tertiary/aromatic N) is 7. The molecule has 0 aromatic carbocycles. The van der Waals surface area contributed by atoms with Gasteiger partial charge in [-0.15, -0.1) is 0 Å². The zero-order valence-corrected chi connectivity index (χ0v) is 36.6. The van der Waals surface area contributed by atoms with Crippen LogP contribution in [0.2, 0.25) is 0 Å². The second kappa shape index (κ2) is 19.3. The van der Waals surface area contributed by atoms with E-state index < -0.39 is 23.9 Å². The first-order valence-electron chi connectivity index (χ1n) is 21.9. The lowest BCUT2D eigenvalue weighted by molar-refractivity contribution is -0.696. The quantitative estimate of drug-likeness (QED) is 0.0965. The summed E-state index contributed by atoms with van der Waals surface area (Å²) in [5, 5.41) is 37.4. The lowest BCUT2D eigenvalue weighted by Crippen LogP contribution is -2.33. The Labute approximate surface area is 389 Å². The van der Waals surface area contributed by atoms with Crippen LogP contribution in [0, 0.1) is 0 Å². The predicted octanol–water partition coefficient (Wildman–Crippen LogP) is 5.39. The minimum Gasteiger partial charge on any atom is -0.481 e. The molecule has 4 aromatic rings. The summed E-state index contributed by atoms with van der Waals surface area (Å²) >= 11 is 0. The number of aromatic amines is 1. The van der Waals surface area contributed by atoms with E-state index in [4.69, 9.17) is 15.0 Å². The van der Waals surface area contributed by atoms with Crippen LogP contribution < -0.4 is 13.7 Å². The Bertz CT molecular complexity index is 3140. The summed E-state index contributed by atoms with van der Waals surface area (Å²) in [5.74, 6) is -3.57. The van der Waals surface area contributed by atoms with Crippen LogP contribution in [0.4, 0.5) is 0 Å². The van der Waals surface area contributed by atoms with Crippen molar-refractivity contribution in [1.29, 1.82) is 0 Å². The van der Waals surface area contributed by atoms with E-state index in [9.17, 15) is 39.6 Å². The van der Waals surface area contributed by atoms with Crippen molar-refractivity contribution < 1.29 is 53.3 Å². The summed E-state index contributed by atoms with van der Waals surface area (Å²) < 4.78 is 5.46. The summed E-state index contributed by atoms with van der Waals surface area (Å²) in [7, 11) is 0. The molecular formula is C52H45N8O8+3. The fourth-order valence-electron chi connectivity index (χ4n) is 8.34. The first-order chi connectivity index (χ1) is 32.9. The van der Waals surface area contributed by atoms with E-state index in [0.717, 1.165) is 55.9 Å². The Morgan fingerprint density at radius 3 is 1.18 bits per heavy atom. The smallest absolute Gasteiger partial charge is 0.309 e. The molecule has 16 nitrogen and oxygen atoms in total. The van der Waals surface area contributed by atoms with E-state index in [1.807, 2.05) is 165 Å². The Hall–Kier alpha value is -8.92. The number of hydrogen-bond acceptors (Lipinski definition) is 8. The van der Waals surface area contributed by atoms with Gasteiger partial charge in [0.1, 0.15) is 19.3 Å². The maximum absolute atomic E-state index is 11.4. The van der Waals surface area contributed by atoms with Crippen LogP contribution in [0.25, 0.3) is 16.7 Å². The maximum Gasteiger partial charge on any atom is 0.309 e. The zero-order chi connectivity index (χ0) is 47.3. The molecule has 338 valence electrons. The molecule has 0 radical (unpaired) electrons. The molecule has 4 aromatic heterocycles. The van der Waals surface area contributed by atoms with Crippen molar-refractivity contribution in [2.45, 2.75) is 45.3 Å². The number of aliphatic imine (C=N–C) groups is 3. The van der Waals surface area contributed by atoms with Gasteiger partial charge in [0, 0.05) is 89.0 Å². The van der Waals surface area contributed by atoms with Crippen LogP contribution in [0.1, 0.15) is 53.8 Å². The highest BCUT2D eigenvalue weighted by molar-refractivity contribution is 6.36. The van der Waals surface area contributed by atoms with E-state index in [2.05, 4.69) is 4.98 Å². The number of allylic oxidation sites excluding steroid dienone is 11. The fourth-order valence-corrected chi connectivity index (χ4v) is 8.34. The average Bonchev–Trinajstić information content (AvgIpc) is 4.19. The summed E-state index contributed by atoms with van der Waals surface area (Å²) in [5.41, 5.74) is 11.6. The lowest BCUT2D eigenvalue weighted by atomic mass is 9.97.